The summed E-state index contributed by atoms with van der Waals surface area (Å²) in [5.74, 6) is 4.89. The van der Waals surface area contributed by atoms with E-state index in [9.17, 15) is 5.11 Å². The minimum absolute atomic E-state index is 0.0513. The Balaban J connectivity index is 0.000000551. The molecule has 283 valence electrons. The Kier molecular flexibility index (Phi) is 26.1. The molecule has 2 rings (SSSR count). The van der Waals surface area contributed by atoms with Crippen molar-refractivity contribution in [2.45, 2.75) is 58.3 Å². The number of phenolic OH excluding ortho intramolecular Hbond substituents is 1. The first-order valence-corrected chi connectivity index (χ1v) is 17.7. The Hall–Kier alpha value is -5.98. The van der Waals surface area contributed by atoms with Gasteiger partial charge in [-0.2, -0.15) is 0 Å². The summed E-state index contributed by atoms with van der Waals surface area (Å²) in [5, 5.41) is 89.6. The fourth-order valence-electron chi connectivity index (χ4n) is 3.51. The van der Waals surface area contributed by atoms with E-state index in [1.807, 2.05) is 24.3 Å². The molecule has 0 unspecified atom stereocenters. The van der Waals surface area contributed by atoms with Crippen LogP contribution in [0.15, 0.2) is 177 Å². The number of benzene rings is 2. The van der Waals surface area contributed by atoms with E-state index in [-0.39, 0.29) is 11.2 Å². The van der Waals surface area contributed by atoms with Gasteiger partial charge in [0, 0.05) is 57.4 Å². The third-order valence-electron chi connectivity index (χ3n) is 5.69. The molecule has 0 aliphatic carbocycles. The Morgan fingerprint density at radius 1 is 0.593 bits per heavy atom. The standard InChI is InChI=1S/C21H26Cl2O.H2N28S.V/c1-4-5-6-7-10-21(2,3)16-8-9-19(20(24)13-16)15-11-17(22)14-18(23)12-15;1-2-3-4-5-6-7-8-9-10-11-12-13-14-15-16-17-18-19-20-21-22-23-24-25-26-27-28-29;/h8-9,11-14,24H,4-7,10H2,1-3H3;(H2,1,3,5,7,9,11,13,15,17,19,21,23,25,27,29);. The van der Waals surface area contributed by atoms with Gasteiger partial charge >= 0.3 is 81.6 Å². The molecule has 33 heteroatoms. The quantitative estimate of drug-likeness (QED) is 0.0568. The van der Waals surface area contributed by atoms with E-state index in [0.29, 0.717) is 10.0 Å². The molecule has 0 saturated carbocycles. The number of unbranched alkanes of at least 4 members (excludes halogenated alkanes) is 3. The molecule has 0 radical (unpaired) electrons. The van der Waals surface area contributed by atoms with Crippen LogP contribution in [0.25, 0.3) is 11.1 Å². The summed E-state index contributed by atoms with van der Waals surface area (Å²) < 4.78 is 3.37. The number of nitrogens with two attached hydrogens (primary N) is 1. The van der Waals surface area contributed by atoms with Crippen molar-refractivity contribution < 1.29 is 20.8 Å². The molecule has 0 atom stereocenters. The second-order valence-corrected chi connectivity index (χ2v) is 11.6. The van der Waals surface area contributed by atoms with E-state index in [2.05, 4.69) is 189 Å². The van der Waals surface area contributed by atoms with Gasteiger partial charge in [-0.3, -0.25) is 0 Å². The van der Waals surface area contributed by atoms with Crippen molar-refractivity contribution in [3.05, 3.63) is 52.0 Å². The van der Waals surface area contributed by atoms with Gasteiger partial charge in [0.05, 0.1) is 0 Å². The van der Waals surface area contributed by atoms with Crippen LogP contribution in [0.1, 0.15) is 58.4 Å². The topological polar surface area (TPSA) is 380 Å². The summed E-state index contributed by atoms with van der Waals surface area (Å²) in [6.07, 6.45) is 6.14. The average molecular weight is 843 g/mol. The SMILES string of the molecule is CCCCCCC(C)(C)c1ccc(-c2cc(Cl)cc(Cl)c2)c(O)c1.N/N=N/N=N/N=N/N=N/N=N/N=N/N=N/N=N/N=N/N=N/N=N/N=N/N=N/N=[S]=[V]. The second-order valence-electron chi connectivity index (χ2n) is 9.60. The van der Waals surface area contributed by atoms with Gasteiger partial charge in [0.1, 0.15) is 5.75 Å². The average Bonchev–Trinajstić information content (AvgIpc) is 3.14. The molecule has 0 aliphatic rings. The van der Waals surface area contributed by atoms with Crippen LogP contribution >= 0.6 is 23.2 Å². The van der Waals surface area contributed by atoms with Gasteiger partial charge in [0.2, 0.25) is 0 Å². The third kappa shape index (κ3) is 23.5. The summed E-state index contributed by atoms with van der Waals surface area (Å²) in [6, 6.07) is 11.3. The Morgan fingerprint density at radius 3 is 1.37 bits per heavy atom. The molecule has 29 nitrogen and oxygen atoms in total. The van der Waals surface area contributed by atoms with Crippen LogP contribution in [0.5, 0.6) is 5.75 Å². The molecule has 0 heterocycles. The van der Waals surface area contributed by atoms with Gasteiger partial charge in [-0.15, -0.1) is 0 Å². The molecule has 0 spiro atoms. The van der Waals surface area contributed by atoms with Crippen molar-refractivity contribution >= 4 is 32.4 Å². The predicted molar refractivity (Wildman–Crippen MR) is 182 cm³/mol. The number of nitrogens with zero attached hydrogens (tertiary/aromatic N) is 27. The second kappa shape index (κ2) is 30.6. The molecule has 3 N–H and O–H groups in total. The molecular weight excluding hydrogens is 814 g/mol. The van der Waals surface area contributed by atoms with Gasteiger partial charge < -0.3 is 10.9 Å². The summed E-state index contributed by atoms with van der Waals surface area (Å²) in [5.41, 5.74) is 2.80. The van der Waals surface area contributed by atoms with Gasteiger partial charge in [-0.05, 0) is 83.8 Å². The molecule has 54 heavy (non-hydrogen) atoms. The van der Waals surface area contributed by atoms with Gasteiger partial charge in [0.25, 0.3) is 0 Å². The molecule has 2 aromatic carbocycles. The third-order valence-corrected chi connectivity index (χ3v) is 6.62. The minimum atomic E-state index is 0.0513. The molecule has 2 aromatic rings. The number of phenols is 1. The van der Waals surface area contributed by atoms with Crippen LogP contribution in [0.3, 0.4) is 0 Å². The Labute approximate surface area is 325 Å². The molecular formula is C21H28Cl2N28OSV. The number of hydrogen-bond donors (Lipinski definition) is 2. The van der Waals surface area contributed by atoms with Crippen LogP contribution in [0.2, 0.25) is 10.0 Å². The number of hydrogen-bond acceptors (Lipinski definition) is 2. The van der Waals surface area contributed by atoms with Crippen molar-refractivity contribution in [1.29, 1.82) is 0 Å². The maximum absolute atomic E-state index is 10.5. The number of aromatic hydroxyl groups is 1. The first-order valence-electron chi connectivity index (χ1n) is 14.5. The van der Waals surface area contributed by atoms with Crippen LogP contribution < -0.4 is 5.84 Å². The molecule has 0 aliphatic heterocycles. The Morgan fingerprint density at radius 2 is 1.00 bits per heavy atom. The van der Waals surface area contributed by atoms with Crippen molar-refractivity contribution in [2.24, 2.45) is 146 Å². The van der Waals surface area contributed by atoms with Crippen molar-refractivity contribution in [1.82, 2.24) is 0 Å². The number of rotatable bonds is 20. The van der Waals surface area contributed by atoms with Crippen molar-refractivity contribution in [2.75, 3.05) is 0 Å². The van der Waals surface area contributed by atoms with Crippen LogP contribution in [-0.4, -0.2) is 5.11 Å². The monoisotopic (exact) mass is 841 g/mol. The van der Waals surface area contributed by atoms with E-state index >= 15 is 0 Å². The van der Waals surface area contributed by atoms with Crippen LogP contribution in [0, 0.1) is 0 Å². The predicted octanol–water partition coefficient (Wildman–Crippen LogP) is 12.0. The zero-order valence-corrected chi connectivity index (χ0v) is 31.9. The first kappa shape index (κ1) is 46.0. The maximum atomic E-state index is 10.5. The summed E-state index contributed by atoms with van der Waals surface area (Å²) in [7, 11) is 1.02. The fraction of sp³-hybridized carbons (Fsp3) is 0.429. The molecule has 0 saturated heterocycles. The van der Waals surface area contributed by atoms with E-state index in [4.69, 9.17) is 23.2 Å². The summed E-state index contributed by atoms with van der Waals surface area (Å²) >= 11 is 14.2. The zero-order valence-electron chi connectivity index (χ0n) is 28.2. The van der Waals surface area contributed by atoms with Gasteiger partial charge in [-0.25, -0.2) is 0 Å². The molecule has 0 amide bonds. The van der Waals surface area contributed by atoms with E-state index < -0.39 is 0 Å². The van der Waals surface area contributed by atoms with Crippen LogP contribution in [-0.2, 0) is 30.4 Å². The summed E-state index contributed by atoms with van der Waals surface area (Å²) in [4.78, 5) is 0. The van der Waals surface area contributed by atoms with Crippen LogP contribution in [0.4, 0.5) is 0 Å². The number of halogens is 2. The molecule has 0 bridgehead atoms. The fourth-order valence-corrected chi connectivity index (χ4v) is 4.26. The first-order chi connectivity index (χ1) is 26.2. The van der Waals surface area contributed by atoms with E-state index in [1.165, 1.54) is 25.7 Å². The molecule has 0 aromatic heterocycles. The van der Waals surface area contributed by atoms with Crippen molar-refractivity contribution in [3.63, 3.8) is 0 Å². The zero-order chi connectivity index (χ0) is 39.5. The van der Waals surface area contributed by atoms with Gasteiger partial charge in [-0.1, -0.05) is 87.0 Å². The Bertz CT molecular complexity index is 1850. The van der Waals surface area contributed by atoms with E-state index in [0.717, 1.165) is 32.3 Å². The van der Waals surface area contributed by atoms with Crippen molar-refractivity contribution in [3.8, 4) is 16.9 Å². The normalized spacial score (nSPS) is 13.3. The summed E-state index contributed by atoms with van der Waals surface area (Å²) in [6.45, 7) is 6.71. The molecule has 0 fully saturated rings. The van der Waals surface area contributed by atoms with E-state index in [1.54, 1.807) is 6.07 Å². The van der Waals surface area contributed by atoms with Gasteiger partial charge in [0.15, 0.2) is 0 Å².